The minimum Gasteiger partial charge on any atom is -0.389 e. The Labute approximate surface area is 183 Å². The Kier molecular flexibility index (Phi) is 6.43. The number of aromatic nitrogens is 1. The highest BCUT2D eigenvalue weighted by Crippen LogP contribution is 2.29. The molecule has 1 aromatic heterocycles. The highest BCUT2D eigenvalue weighted by Gasteiger charge is 2.49. The molecule has 0 unspecified atom stereocenters. The van der Waals surface area contributed by atoms with Crippen molar-refractivity contribution in [3.63, 3.8) is 0 Å². The van der Waals surface area contributed by atoms with Gasteiger partial charge in [-0.05, 0) is 30.7 Å². The van der Waals surface area contributed by atoms with E-state index in [2.05, 4.69) is 27.8 Å². The van der Waals surface area contributed by atoms with Crippen LogP contribution in [0.3, 0.4) is 0 Å². The molecule has 2 N–H and O–H groups in total. The van der Waals surface area contributed by atoms with E-state index in [9.17, 15) is 18.6 Å². The molecule has 2 atom stereocenters. The molecule has 0 spiro atoms. The molecule has 4 rings (SSSR count). The van der Waals surface area contributed by atoms with Crippen molar-refractivity contribution < 1.29 is 18.6 Å². The number of sulfonamides is 1. The normalized spacial score (nSPS) is 26.4. The number of rotatable bonds is 6. The lowest BCUT2D eigenvalue weighted by Gasteiger charge is -2.39. The molecule has 2 aliphatic rings. The number of piperazine rings is 1. The van der Waals surface area contributed by atoms with Gasteiger partial charge in [0.15, 0.2) is 0 Å². The van der Waals surface area contributed by atoms with Crippen molar-refractivity contribution in [2.24, 2.45) is 0 Å². The van der Waals surface area contributed by atoms with Crippen molar-refractivity contribution in [1.82, 2.24) is 19.1 Å². The van der Waals surface area contributed by atoms with Gasteiger partial charge in [-0.1, -0.05) is 24.3 Å². The number of aliphatic hydroxyl groups excluding tert-OH is 1. The van der Waals surface area contributed by atoms with Crippen LogP contribution < -0.4 is 0 Å². The molecular weight excluding hydrogens is 416 g/mol. The van der Waals surface area contributed by atoms with Crippen LogP contribution in [-0.2, 0) is 16.6 Å². The van der Waals surface area contributed by atoms with Crippen LogP contribution in [-0.4, -0.2) is 95.2 Å². The van der Waals surface area contributed by atoms with Gasteiger partial charge in [-0.3, -0.25) is 14.8 Å². The summed E-state index contributed by atoms with van der Waals surface area (Å²) in [5.41, 5.74) is 0.761. The lowest BCUT2D eigenvalue weighted by atomic mass is 9.99. The van der Waals surface area contributed by atoms with Crippen molar-refractivity contribution in [3.8, 4) is 0 Å². The minimum absolute atomic E-state index is 0.105. The van der Waals surface area contributed by atoms with E-state index in [1.54, 1.807) is 18.2 Å². The molecule has 0 radical (unpaired) electrons. The molecule has 2 aliphatic heterocycles. The van der Waals surface area contributed by atoms with E-state index in [1.165, 1.54) is 22.0 Å². The van der Waals surface area contributed by atoms with Crippen LogP contribution in [0.15, 0.2) is 53.6 Å². The van der Waals surface area contributed by atoms with Gasteiger partial charge in [-0.2, -0.15) is 4.31 Å². The number of pyridine rings is 1. The molecule has 0 amide bonds. The Morgan fingerprint density at radius 1 is 1.06 bits per heavy atom. The fourth-order valence-corrected chi connectivity index (χ4v) is 5.84. The van der Waals surface area contributed by atoms with E-state index >= 15 is 0 Å². The van der Waals surface area contributed by atoms with E-state index in [1.807, 2.05) is 12.3 Å². The zero-order valence-corrected chi connectivity index (χ0v) is 18.6. The maximum Gasteiger partial charge on any atom is 0.243 e. The number of aliphatic hydroxyl groups is 2. The van der Waals surface area contributed by atoms with E-state index < -0.39 is 21.7 Å². The highest BCUT2D eigenvalue weighted by molar-refractivity contribution is 7.89. The first kappa shape index (κ1) is 22.3. The molecule has 2 aromatic rings. The molecule has 31 heavy (non-hydrogen) atoms. The molecule has 168 valence electrons. The maximum atomic E-state index is 12.9. The summed E-state index contributed by atoms with van der Waals surface area (Å²) < 4.78 is 27.0. The van der Waals surface area contributed by atoms with Gasteiger partial charge < -0.3 is 10.2 Å². The van der Waals surface area contributed by atoms with Crippen molar-refractivity contribution in [3.05, 3.63) is 59.9 Å². The summed E-state index contributed by atoms with van der Waals surface area (Å²) in [6, 6.07) is 12.1. The molecule has 2 saturated heterocycles. The number of benzene rings is 1. The topological polar surface area (TPSA) is 97.2 Å². The van der Waals surface area contributed by atoms with Crippen molar-refractivity contribution >= 4 is 10.0 Å². The summed E-state index contributed by atoms with van der Waals surface area (Å²) in [6.07, 6.45) is 0.686. The van der Waals surface area contributed by atoms with Gasteiger partial charge in [0.2, 0.25) is 10.0 Å². The summed E-state index contributed by atoms with van der Waals surface area (Å²) in [5.74, 6) is 0. The Morgan fingerprint density at radius 3 is 2.42 bits per heavy atom. The molecule has 9 heteroatoms. The first-order valence-corrected chi connectivity index (χ1v) is 12.0. The van der Waals surface area contributed by atoms with E-state index in [0.717, 1.165) is 38.4 Å². The third-order valence-electron chi connectivity index (χ3n) is 6.28. The average molecular weight is 447 g/mol. The standard InChI is InChI=1S/C22H30N4O4S/c1-18-6-5-9-23-20(18)14-24-10-12-25(13-11-24)16-22(28)17-26(15-21(22)27)31(29,30)19-7-3-2-4-8-19/h2-9,21,27-28H,10-17H2,1H3/t21-,22+/m1/s1. The van der Waals surface area contributed by atoms with E-state index in [0.29, 0.717) is 0 Å². The number of hydrogen-bond donors (Lipinski definition) is 2. The number of β-amino-alcohol motifs (C(OH)–C–C–N with tert-alkyl or cyclic N) is 2. The Hall–Kier alpha value is -1.88. The Morgan fingerprint density at radius 2 is 1.74 bits per heavy atom. The van der Waals surface area contributed by atoms with Crippen molar-refractivity contribution in [2.75, 3.05) is 45.8 Å². The van der Waals surface area contributed by atoms with Crippen molar-refractivity contribution in [1.29, 1.82) is 0 Å². The summed E-state index contributed by atoms with van der Waals surface area (Å²) in [6.45, 7) is 6.01. The lowest BCUT2D eigenvalue weighted by molar-refractivity contribution is -0.0670. The van der Waals surface area contributed by atoms with Crippen LogP contribution in [0.25, 0.3) is 0 Å². The smallest absolute Gasteiger partial charge is 0.243 e. The fourth-order valence-electron chi connectivity index (χ4n) is 4.31. The molecule has 8 nitrogen and oxygen atoms in total. The lowest BCUT2D eigenvalue weighted by Crippen LogP contribution is -2.56. The summed E-state index contributed by atoms with van der Waals surface area (Å²) in [5, 5.41) is 21.6. The van der Waals surface area contributed by atoms with Crippen LogP contribution >= 0.6 is 0 Å². The van der Waals surface area contributed by atoms with Crippen LogP contribution in [0.1, 0.15) is 11.3 Å². The second kappa shape index (κ2) is 8.93. The van der Waals surface area contributed by atoms with Crippen LogP contribution in [0.4, 0.5) is 0 Å². The fraction of sp³-hybridized carbons (Fsp3) is 0.500. The molecule has 1 aromatic carbocycles. The van der Waals surface area contributed by atoms with Crippen LogP contribution in [0.2, 0.25) is 0 Å². The third-order valence-corrected chi connectivity index (χ3v) is 8.11. The van der Waals surface area contributed by atoms with Gasteiger partial charge in [0.1, 0.15) is 5.60 Å². The summed E-state index contributed by atoms with van der Waals surface area (Å²) >= 11 is 0. The summed E-state index contributed by atoms with van der Waals surface area (Å²) in [4.78, 5) is 9.06. The van der Waals surface area contributed by atoms with E-state index in [4.69, 9.17) is 0 Å². The van der Waals surface area contributed by atoms with Gasteiger partial charge in [-0.25, -0.2) is 8.42 Å². The predicted molar refractivity (Wildman–Crippen MR) is 117 cm³/mol. The molecule has 0 aliphatic carbocycles. The second-order valence-electron chi connectivity index (χ2n) is 8.55. The Bertz CT molecular complexity index is 996. The van der Waals surface area contributed by atoms with Crippen LogP contribution in [0, 0.1) is 6.92 Å². The SMILES string of the molecule is Cc1cccnc1CN1CCN(C[C@]2(O)CN(S(=O)(=O)c3ccccc3)C[C@H]2O)CC1. The third kappa shape index (κ3) is 4.82. The predicted octanol–water partition coefficient (Wildman–Crippen LogP) is 0.304. The van der Waals surface area contributed by atoms with Gasteiger partial charge in [0.05, 0.1) is 16.7 Å². The monoisotopic (exact) mass is 446 g/mol. The number of aryl methyl sites for hydroxylation is 1. The summed E-state index contributed by atoms with van der Waals surface area (Å²) in [7, 11) is -3.75. The molecule has 3 heterocycles. The average Bonchev–Trinajstić information content (AvgIpc) is 3.07. The zero-order valence-electron chi connectivity index (χ0n) is 17.8. The van der Waals surface area contributed by atoms with Crippen LogP contribution in [0.5, 0.6) is 0 Å². The highest BCUT2D eigenvalue weighted by atomic mass is 32.2. The van der Waals surface area contributed by atoms with Gasteiger partial charge in [-0.15, -0.1) is 0 Å². The molecule has 2 fully saturated rings. The number of hydrogen-bond acceptors (Lipinski definition) is 7. The van der Waals surface area contributed by atoms with Crippen molar-refractivity contribution in [2.45, 2.75) is 30.1 Å². The van der Waals surface area contributed by atoms with E-state index in [-0.39, 0.29) is 24.5 Å². The molecular formula is C22H30N4O4S. The first-order chi connectivity index (χ1) is 14.8. The Balaban J connectivity index is 1.35. The minimum atomic E-state index is -3.75. The maximum absolute atomic E-state index is 12.9. The quantitative estimate of drug-likeness (QED) is 0.659. The molecule has 0 bridgehead atoms. The second-order valence-corrected chi connectivity index (χ2v) is 10.5. The molecule has 0 saturated carbocycles. The van der Waals surface area contributed by atoms with Gasteiger partial charge in [0.25, 0.3) is 0 Å². The number of nitrogens with zero attached hydrogens (tertiary/aromatic N) is 4. The largest absolute Gasteiger partial charge is 0.389 e. The zero-order chi connectivity index (χ0) is 22.1. The van der Waals surface area contributed by atoms with Gasteiger partial charge >= 0.3 is 0 Å². The van der Waals surface area contributed by atoms with Gasteiger partial charge in [0, 0.05) is 58.6 Å². The first-order valence-electron chi connectivity index (χ1n) is 10.6.